The van der Waals surface area contributed by atoms with Crippen LogP contribution in [-0.2, 0) is 9.59 Å². The Balaban J connectivity index is 2.66. The van der Waals surface area contributed by atoms with Crippen LogP contribution in [0.5, 0.6) is 5.75 Å². The zero-order valence-electron chi connectivity index (χ0n) is 13.0. The monoisotopic (exact) mass is 305 g/mol. The van der Waals surface area contributed by atoms with Crippen LogP contribution in [0, 0.1) is 0 Å². The molecule has 0 bridgehead atoms. The Morgan fingerprint density at radius 1 is 1.41 bits per heavy atom. The summed E-state index contributed by atoms with van der Waals surface area (Å²) >= 11 is 0. The van der Waals surface area contributed by atoms with Gasteiger partial charge in [0.15, 0.2) is 0 Å². The second-order valence-corrected chi connectivity index (χ2v) is 5.17. The highest BCUT2D eigenvalue weighted by molar-refractivity contribution is 5.84. The first-order chi connectivity index (χ1) is 10.5. The summed E-state index contributed by atoms with van der Waals surface area (Å²) in [6.07, 6.45) is 2.73. The van der Waals surface area contributed by atoms with Crippen LogP contribution >= 0.6 is 0 Å². The number of carboxylic acid groups (broad SMARTS) is 1. The molecule has 0 heterocycles. The third kappa shape index (κ3) is 5.24. The summed E-state index contributed by atoms with van der Waals surface area (Å²) < 4.78 is 5.28. The average Bonchev–Trinajstić information content (AvgIpc) is 2.50. The van der Waals surface area contributed by atoms with Crippen molar-refractivity contribution < 1.29 is 19.4 Å². The van der Waals surface area contributed by atoms with E-state index in [0.717, 1.165) is 11.3 Å². The van der Waals surface area contributed by atoms with Crippen LogP contribution in [0.2, 0.25) is 0 Å². The molecule has 5 nitrogen and oxygen atoms in total. The van der Waals surface area contributed by atoms with Gasteiger partial charge in [-0.05, 0) is 30.4 Å². The van der Waals surface area contributed by atoms with Gasteiger partial charge in [0, 0.05) is 6.42 Å². The molecule has 0 spiro atoms. The SMILES string of the molecule is C=CCCC(NC(=O)CC(C)c1ccccc1OC)C(=O)O. The average molecular weight is 305 g/mol. The maximum atomic E-state index is 12.1. The van der Waals surface area contributed by atoms with Gasteiger partial charge in [0.1, 0.15) is 11.8 Å². The van der Waals surface area contributed by atoms with Crippen molar-refractivity contribution in [3.05, 3.63) is 42.5 Å². The predicted molar refractivity (Wildman–Crippen MR) is 85.0 cm³/mol. The van der Waals surface area contributed by atoms with Gasteiger partial charge in [0.25, 0.3) is 0 Å². The number of carbonyl (C=O) groups is 2. The number of nitrogens with one attached hydrogen (secondary N) is 1. The van der Waals surface area contributed by atoms with Gasteiger partial charge in [-0.2, -0.15) is 0 Å². The Kier molecular flexibility index (Phi) is 7.16. The van der Waals surface area contributed by atoms with E-state index < -0.39 is 12.0 Å². The van der Waals surface area contributed by atoms with Crippen LogP contribution in [0.15, 0.2) is 36.9 Å². The summed E-state index contributed by atoms with van der Waals surface area (Å²) in [5.74, 6) is -0.649. The van der Waals surface area contributed by atoms with E-state index in [1.165, 1.54) is 0 Å². The number of aliphatic carboxylic acids is 1. The highest BCUT2D eigenvalue weighted by Gasteiger charge is 2.21. The fourth-order valence-electron chi connectivity index (χ4n) is 2.26. The molecule has 0 saturated carbocycles. The van der Waals surface area contributed by atoms with E-state index >= 15 is 0 Å². The van der Waals surface area contributed by atoms with Gasteiger partial charge in [-0.1, -0.05) is 31.2 Å². The minimum absolute atomic E-state index is 0.0648. The number of benzene rings is 1. The Morgan fingerprint density at radius 2 is 2.09 bits per heavy atom. The Morgan fingerprint density at radius 3 is 2.68 bits per heavy atom. The first-order valence-corrected chi connectivity index (χ1v) is 7.25. The normalized spacial score (nSPS) is 13.0. The van der Waals surface area contributed by atoms with Crippen LogP contribution in [0.3, 0.4) is 0 Å². The molecule has 2 atom stereocenters. The lowest BCUT2D eigenvalue weighted by Crippen LogP contribution is -2.41. The number of para-hydroxylation sites is 1. The molecule has 2 N–H and O–H groups in total. The number of ether oxygens (including phenoxy) is 1. The van der Waals surface area contributed by atoms with E-state index in [1.807, 2.05) is 31.2 Å². The van der Waals surface area contributed by atoms with Gasteiger partial charge in [0.05, 0.1) is 7.11 Å². The summed E-state index contributed by atoms with van der Waals surface area (Å²) in [5.41, 5.74) is 0.929. The maximum Gasteiger partial charge on any atom is 0.326 e. The lowest BCUT2D eigenvalue weighted by atomic mass is 9.96. The number of carbonyl (C=O) groups excluding carboxylic acids is 1. The number of carboxylic acids is 1. The zero-order valence-corrected chi connectivity index (χ0v) is 13.0. The molecular weight excluding hydrogens is 282 g/mol. The summed E-state index contributed by atoms with van der Waals surface area (Å²) in [6.45, 7) is 5.47. The molecule has 2 unspecified atom stereocenters. The molecular formula is C17H23NO4. The summed E-state index contributed by atoms with van der Waals surface area (Å²) in [5, 5.41) is 11.7. The number of hydrogen-bond acceptors (Lipinski definition) is 3. The van der Waals surface area contributed by atoms with Crippen LogP contribution in [0.25, 0.3) is 0 Å². The first-order valence-electron chi connectivity index (χ1n) is 7.25. The molecule has 0 aliphatic rings. The topological polar surface area (TPSA) is 75.6 Å². The third-order valence-electron chi connectivity index (χ3n) is 3.45. The largest absolute Gasteiger partial charge is 0.496 e. The molecule has 5 heteroatoms. The van der Waals surface area contributed by atoms with Gasteiger partial charge in [0.2, 0.25) is 5.91 Å². The van der Waals surface area contributed by atoms with Gasteiger partial charge >= 0.3 is 5.97 Å². The van der Waals surface area contributed by atoms with Crippen molar-refractivity contribution in [1.29, 1.82) is 0 Å². The molecule has 0 saturated heterocycles. The van der Waals surface area contributed by atoms with Crippen molar-refractivity contribution in [2.24, 2.45) is 0 Å². The molecule has 22 heavy (non-hydrogen) atoms. The van der Waals surface area contributed by atoms with E-state index in [2.05, 4.69) is 11.9 Å². The highest BCUT2D eigenvalue weighted by atomic mass is 16.5. The molecule has 0 aromatic heterocycles. The van der Waals surface area contributed by atoms with Crippen molar-refractivity contribution in [2.75, 3.05) is 7.11 Å². The molecule has 0 radical (unpaired) electrons. The predicted octanol–water partition coefficient (Wildman–Crippen LogP) is 2.72. The molecule has 1 aromatic carbocycles. The number of methoxy groups -OCH3 is 1. The third-order valence-corrected chi connectivity index (χ3v) is 3.45. The molecule has 1 rings (SSSR count). The minimum atomic E-state index is -1.03. The van der Waals surface area contributed by atoms with Crippen LogP contribution in [-0.4, -0.2) is 30.1 Å². The lowest BCUT2D eigenvalue weighted by molar-refractivity contribution is -0.142. The second kappa shape index (κ2) is 8.87. The maximum absolute atomic E-state index is 12.1. The van der Waals surface area contributed by atoms with Crippen LogP contribution in [0.1, 0.15) is 37.7 Å². The minimum Gasteiger partial charge on any atom is -0.496 e. The lowest BCUT2D eigenvalue weighted by Gasteiger charge is -2.18. The van der Waals surface area contributed by atoms with Crippen molar-refractivity contribution in [3.63, 3.8) is 0 Å². The summed E-state index contributed by atoms with van der Waals surface area (Å²) in [6, 6.07) is 6.62. The van der Waals surface area contributed by atoms with Crippen molar-refractivity contribution in [1.82, 2.24) is 5.32 Å². The number of rotatable bonds is 9. The van der Waals surface area contributed by atoms with Crippen LogP contribution in [0.4, 0.5) is 0 Å². The van der Waals surface area contributed by atoms with Crippen molar-refractivity contribution in [2.45, 2.75) is 38.1 Å². The Hall–Kier alpha value is -2.30. The fraction of sp³-hybridized carbons (Fsp3) is 0.412. The van der Waals surface area contributed by atoms with Gasteiger partial charge < -0.3 is 15.2 Å². The molecule has 1 aromatic rings. The fourth-order valence-corrected chi connectivity index (χ4v) is 2.26. The van der Waals surface area contributed by atoms with E-state index in [1.54, 1.807) is 13.2 Å². The molecule has 120 valence electrons. The van der Waals surface area contributed by atoms with E-state index in [-0.39, 0.29) is 18.2 Å². The highest BCUT2D eigenvalue weighted by Crippen LogP contribution is 2.28. The van der Waals surface area contributed by atoms with Gasteiger partial charge in [-0.3, -0.25) is 4.79 Å². The zero-order chi connectivity index (χ0) is 16.5. The number of amides is 1. The molecule has 0 aliphatic carbocycles. The molecule has 0 aliphatic heterocycles. The number of allylic oxidation sites excluding steroid dienone is 1. The van der Waals surface area contributed by atoms with Crippen molar-refractivity contribution >= 4 is 11.9 Å². The first kappa shape index (κ1) is 17.8. The van der Waals surface area contributed by atoms with E-state index in [0.29, 0.717) is 12.8 Å². The quantitative estimate of drug-likeness (QED) is 0.688. The molecule has 1 amide bonds. The van der Waals surface area contributed by atoms with Crippen molar-refractivity contribution in [3.8, 4) is 5.75 Å². The molecule has 0 fully saturated rings. The van der Waals surface area contributed by atoms with E-state index in [4.69, 9.17) is 9.84 Å². The Bertz CT molecular complexity index is 527. The van der Waals surface area contributed by atoms with E-state index in [9.17, 15) is 9.59 Å². The Labute approximate surface area is 131 Å². The van der Waals surface area contributed by atoms with Crippen LogP contribution < -0.4 is 10.1 Å². The summed E-state index contributed by atoms with van der Waals surface area (Å²) in [7, 11) is 1.58. The summed E-state index contributed by atoms with van der Waals surface area (Å²) in [4.78, 5) is 23.2. The smallest absolute Gasteiger partial charge is 0.326 e. The standard InChI is InChI=1S/C17H23NO4/c1-4-5-9-14(17(20)21)18-16(19)11-12(2)13-8-6-7-10-15(13)22-3/h4,6-8,10,12,14H,1,5,9,11H2,2-3H3,(H,18,19)(H,20,21). The van der Waals surface area contributed by atoms with Gasteiger partial charge in [-0.15, -0.1) is 6.58 Å². The number of hydrogen-bond donors (Lipinski definition) is 2. The second-order valence-electron chi connectivity index (χ2n) is 5.17. The van der Waals surface area contributed by atoms with Gasteiger partial charge in [-0.25, -0.2) is 4.79 Å².